The van der Waals surface area contributed by atoms with Crippen molar-refractivity contribution in [3.05, 3.63) is 77.1 Å². The average Bonchev–Trinajstić information content (AvgIpc) is 2.71. The molecule has 2 heterocycles. The summed E-state index contributed by atoms with van der Waals surface area (Å²) in [5, 5.41) is 0. The third-order valence-corrected chi connectivity index (χ3v) is 5.77. The number of benzene rings is 1. The number of aryl methyl sites for hydroxylation is 1. The van der Waals surface area contributed by atoms with Crippen LogP contribution in [0.5, 0.6) is 0 Å². The van der Waals surface area contributed by atoms with Gasteiger partial charge in [-0.05, 0) is 74.9 Å². The summed E-state index contributed by atoms with van der Waals surface area (Å²) in [6.45, 7) is 15.0. The highest BCUT2D eigenvalue weighted by atomic mass is 15.2. The van der Waals surface area contributed by atoms with Gasteiger partial charge < -0.3 is 0 Å². The van der Waals surface area contributed by atoms with E-state index in [4.69, 9.17) is 0 Å². The molecule has 0 fully saturated rings. The van der Waals surface area contributed by atoms with E-state index >= 15 is 0 Å². The average molecular weight is 374 g/mol. The lowest BCUT2D eigenvalue weighted by Crippen LogP contribution is -2.33. The van der Waals surface area contributed by atoms with E-state index < -0.39 is 0 Å². The number of allylic oxidation sites excluding steroid dienone is 1. The van der Waals surface area contributed by atoms with Crippen LogP contribution in [0.25, 0.3) is 5.57 Å². The molecule has 28 heavy (non-hydrogen) atoms. The Kier molecular flexibility index (Phi) is 6.58. The monoisotopic (exact) mass is 373 g/mol. The maximum Gasteiger partial charge on any atom is 0.0658 e. The first kappa shape index (κ1) is 20.2. The molecule has 1 aliphatic rings. The van der Waals surface area contributed by atoms with Crippen LogP contribution in [0.15, 0.2) is 65.4 Å². The third-order valence-electron chi connectivity index (χ3n) is 5.77. The fourth-order valence-corrected chi connectivity index (χ4v) is 3.86. The number of hydrogen-bond donors (Lipinski definition) is 0. The van der Waals surface area contributed by atoms with Gasteiger partial charge in [-0.25, -0.2) is 0 Å². The SMILES string of the molecule is C=C(CC1=C(C)CN(C(C)c2ccc(C)c(N=CC)c2)CC1)c1cccnc1. The summed E-state index contributed by atoms with van der Waals surface area (Å²) in [4.78, 5) is 11.3. The van der Waals surface area contributed by atoms with E-state index in [-0.39, 0.29) is 0 Å². The van der Waals surface area contributed by atoms with E-state index in [1.54, 1.807) is 0 Å². The maximum atomic E-state index is 4.52. The van der Waals surface area contributed by atoms with Crippen LogP contribution in [0.1, 0.15) is 56.3 Å². The largest absolute Gasteiger partial charge is 0.292 e. The van der Waals surface area contributed by atoms with E-state index in [1.165, 1.54) is 22.3 Å². The maximum absolute atomic E-state index is 4.52. The first-order chi connectivity index (χ1) is 13.5. The van der Waals surface area contributed by atoms with Gasteiger partial charge in [-0.15, -0.1) is 0 Å². The Morgan fingerprint density at radius 3 is 2.82 bits per heavy atom. The molecule has 1 aliphatic heterocycles. The van der Waals surface area contributed by atoms with Crippen LogP contribution < -0.4 is 0 Å². The van der Waals surface area contributed by atoms with Gasteiger partial charge in [0.05, 0.1) is 5.69 Å². The van der Waals surface area contributed by atoms with Crippen molar-refractivity contribution >= 4 is 17.5 Å². The molecule has 0 aliphatic carbocycles. The van der Waals surface area contributed by atoms with Gasteiger partial charge in [0.1, 0.15) is 0 Å². The lowest BCUT2D eigenvalue weighted by atomic mass is 9.91. The van der Waals surface area contributed by atoms with Crippen LogP contribution in [-0.4, -0.2) is 29.2 Å². The van der Waals surface area contributed by atoms with Crippen molar-refractivity contribution in [1.82, 2.24) is 9.88 Å². The molecular formula is C25H31N3. The Labute approximate surface area is 169 Å². The molecule has 2 aromatic rings. The van der Waals surface area contributed by atoms with E-state index in [0.717, 1.165) is 42.8 Å². The molecule has 3 rings (SSSR count). The molecule has 3 heteroatoms. The smallest absolute Gasteiger partial charge is 0.0658 e. The summed E-state index contributed by atoms with van der Waals surface area (Å²) in [6, 6.07) is 11.1. The number of aliphatic imine (C=N–C) groups is 1. The minimum Gasteiger partial charge on any atom is -0.292 e. The molecule has 1 unspecified atom stereocenters. The predicted molar refractivity (Wildman–Crippen MR) is 120 cm³/mol. The van der Waals surface area contributed by atoms with Crippen LogP contribution in [0.4, 0.5) is 5.69 Å². The first-order valence-electron chi connectivity index (χ1n) is 10.1. The molecule has 0 amide bonds. The summed E-state index contributed by atoms with van der Waals surface area (Å²) < 4.78 is 0. The molecule has 0 spiro atoms. The van der Waals surface area contributed by atoms with Crippen LogP contribution in [0, 0.1) is 6.92 Å². The zero-order chi connectivity index (χ0) is 20.1. The van der Waals surface area contributed by atoms with E-state index in [9.17, 15) is 0 Å². The molecule has 0 saturated carbocycles. The quantitative estimate of drug-likeness (QED) is 0.439. The van der Waals surface area contributed by atoms with Gasteiger partial charge in [0, 0.05) is 37.7 Å². The molecule has 0 radical (unpaired) electrons. The highest BCUT2D eigenvalue weighted by Gasteiger charge is 2.22. The van der Waals surface area contributed by atoms with E-state index in [0.29, 0.717) is 6.04 Å². The van der Waals surface area contributed by atoms with Crippen LogP contribution >= 0.6 is 0 Å². The van der Waals surface area contributed by atoms with Crippen LogP contribution in [-0.2, 0) is 0 Å². The molecule has 3 nitrogen and oxygen atoms in total. The van der Waals surface area contributed by atoms with Gasteiger partial charge in [0.2, 0.25) is 0 Å². The Morgan fingerprint density at radius 2 is 2.14 bits per heavy atom. The Bertz CT molecular complexity index is 893. The van der Waals surface area contributed by atoms with Crippen molar-refractivity contribution in [1.29, 1.82) is 0 Å². The number of nitrogens with zero attached hydrogens (tertiary/aromatic N) is 3. The number of rotatable bonds is 6. The van der Waals surface area contributed by atoms with E-state index in [2.05, 4.69) is 66.5 Å². The van der Waals surface area contributed by atoms with Gasteiger partial charge in [-0.2, -0.15) is 0 Å². The van der Waals surface area contributed by atoms with E-state index in [1.807, 2.05) is 31.6 Å². The molecule has 1 atom stereocenters. The highest BCUT2D eigenvalue weighted by Crippen LogP contribution is 2.33. The lowest BCUT2D eigenvalue weighted by Gasteiger charge is -2.35. The second-order valence-corrected chi connectivity index (χ2v) is 7.74. The summed E-state index contributed by atoms with van der Waals surface area (Å²) in [7, 11) is 0. The fraction of sp³-hybridized carbons (Fsp3) is 0.360. The minimum absolute atomic E-state index is 0.379. The van der Waals surface area contributed by atoms with Crippen molar-refractivity contribution in [2.75, 3.05) is 13.1 Å². The van der Waals surface area contributed by atoms with Crippen LogP contribution in [0.2, 0.25) is 0 Å². The topological polar surface area (TPSA) is 28.5 Å². The Hall–Kier alpha value is -2.52. The standard InChI is InChI=1S/C25H31N3/c1-6-27-25-15-23(10-9-18(25)2)21(5)28-13-11-22(20(4)17-28)14-19(3)24-8-7-12-26-16-24/h6-10,12,15-16,21H,3,11,13-14,17H2,1-2,4-5H3. The number of aromatic nitrogens is 1. The molecule has 0 bridgehead atoms. The Morgan fingerprint density at radius 1 is 1.32 bits per heavy atom. The van der Waals surface area contributed by atoms with Crippen molar-refractivity contribution in [3.8, 4) is 0 Å². The van der Waals surface area contributed by atoms with Gasteiger partial charge >= 0.3 is 0 Å². The number of pyridine rings is 1. The molecule has 146 valence electrons. The van der Waals surface area contributed by atoms with Gasteiger partial charge in [0.15, 0.2) is 0 Å². The molecule has 1 aromatic carbocycles. The summed E-state index contributed by atoms with van der Waals surface area (Å²) >= 11 is 0. The van der Waals surface area contributed by atoms with Crippen molar-refractivity contribution in [2.45, 2.75) is 46.6 Å². The van der Waals surface area contributed by atoms with Crippen molar-refractivity contribution in [2.24, 2.45) is 4.99 Å². The third kappa shape index (κ3) is 4.66. The van der Waals surface area contributed by atoms with Gasteiger partial charge in [-0.3, -0.25) is 14.9 Å². The lowest BCUT2D eigenvalue weighted by molar-refractivity contribution is 0.219. The highest BCUT2D eigenvalue weighted by molar-refractivity contribution is 5.65. The summed E-state index contributed by atoms with van der Waals surface area (Å²) in [6.07, 6.45) is 7.62. The van der Waals surface area contributed by atoms with Crippen molar-refractivity contribution in [3.63, 3.8) is 0 Å². The molecule has 0 N–H and O–H groups in total. The second-order valence-electron chi connectivity index (χ2n) is 7.74. The molecule has 0 saturated heterocycles. The summed E-state index contributed by atoms with van der Waals surface area (Å²) in [5.41, 5.74) is 8.93. The second kappa shape index (κ2) is 9.11. The molecular weight excluding hydrogens is 342 g/mol. The summed E-state index contributed by atoms with van der Waals surface area (Å²) in [5.74, 6) is 0. The zero-order valence-electron chi connectivity index (χ0n) is 17.6. The van der Waals surface area contributed by atoms with Gasteiger partial charge in [0.25, 0.3) is 0 Å². The minimum atomic E-state index is 0.379. The Balaban J connectivity index is 1.70. The van der Waals surface area contributed by atoms with Gasteiger partial charge in [-0.1, -0.05) is 35.9 Å². The van der Waals surface area contributed by atoms with Crippen LogP contribution in [0.3, 0.4) is 0 Å². The zero-order valence-corrected chi connectivity index (χ0v) is 17.6. The van der Waals surface area contributed by atoms with Crippen molar-refractivity contribution < 1.29 is 0 Å². The molecule has 1 aromatic heterocycles. The number of hydrogen-bond acceptors (Lipinski definition) is 3. The fourth-order valence-electron chi connectivity index (χ4n) is 3.86. The normalized spacial score (nSPS) is 16.6. The first-order valence-corrected chi connectivity index (χ1v) is 10.1. The predicted octanol–water partition coefficient (Wildman–Crippen LogP) is 6.30.